The number of rotatable bonds is 5. The molecule has 1 aromatic carbocycles. The topological polar surface area (TPSA) is 77.5 Å². The maximum Gasteiger partial charge on any atom is 0.324 e. The molecule has 0 saturated carbocycles. The third-order valence-electron chi connectivity index (χ3n) is 3.29. The van der Waals surface area contributed by atoms with E-state index in [0.29, 0.717) is 16.2 Å². The van der Waals surface area contributed by atoms with Gasteiger partial charge in [-0.3, -0.25) is 14.9 Å². The van der Waals surface area contributed by atoms with Gasteiger partial charge in [0, 0.05) is 23.6 Å². The van der Waals surface area contributed by atoms with E-state index in [4.69, 9.17) is 0 Å². The maximum atomic E-state index is 12.1. The number of fused-ring (bicyclic) bond motifs is 1. The Morgan fingerprint density at radius 3 is 2.80 bits per heavy atom. The van der Waals surface area contributed by atoms with Gasteiger partial charge in [-0.15, -0.1) is 6.58 Å². The summed E-state index contributed by atoms with van der Waals surface area (Å²) < 4.78 is 2.96. The Labute approximate surface area is 150 Å². The van der Waals surface area contributed by atoms with Crippen LogP contribution in [0.15, 0.2) is 60.1 Å². The molecule has 0 bridgehead atoms. The molecule has 6 nitrogen and oxygen atoms in total. The summed E-state index contributed by atoms with van der Waals surface area (Å²) in [5.74, 6) is -0.416. The Kier molecular flexibility index (Phi) is 5.01. The average molecular weight is 371 g/mol. The molecule has 0 aliphatic heterocycles. The van der Waals surface area contributed by atoms with Crippen LogP contribution in [-0.2, 0) is 11.3 Å². The first kappa shape index (κ1) is 17.0. The lowest BCUT2D eigenvalue weighted by Gasteiger charge is -1.99. The molecule has 25 heavy (non-hydrogen) atoms. The molecule has 0 unspecified atom stereocenters. The number of thiophene rings is 1. The summed E-state index contributed by atoms with van der Waals surface area (Å²) in [4.78, 5) is 27.7. The summed E-state index contributed by atoms with van der Waals surface area (Å²) >= 11 is 2.44. The molecule has 2 heterocycles. The number of nitro groups is 1. The SMILES string of the molecule is C=CCn1c(=NC(=O)/C=C\c2ccc([N+](=O)[O-])s2)sc2ccccc21. The summed E-state index contributed by atoms with van der Waals surface area (Å²) in [6, 6.07) is 10.8. The highest BCUT2D eigenvalue weighted by atomic mass is 32.1. The van der Waals surface area contributed by atoms with Crippen LogP contribution in [0.2, 0.25) is 0 Å². The molecule has 0 spiro atoms. The van der Waals surface area contributed by atoms with Crippen molar-refractivity contribution in [1.29, 1.82) is 0 Å². The molecule has 126 valence electrons. The van der Waals surface area contributed by atoms with Gasteiger partial charge in [-0.25, -0.2) is 0 Å². The summed E-state index contributed by atoms with van der Waals surface area (Å²) in [5.41, 5.74) is 0.997. The van der Waals surface area contributed by atoms with Crippen LogP contribution in [0.4, 0.5) is 5.00 Å². The van der Waals surface area contributed by atoms with Gasteiger partial charge in [-0.05, 0) is 24.3 Å². The first-order chi connectivity index (χ1) is 12.1. The number of hydrogen-bond donors (Lipinski definition) is 0. The number of allylic oxidation sites excluding steroid dienone is 1. The molecule has 0 N–H and O–H groups in total. The Hall–Kier alpha value is -2.84. The van der Waals surface area contributed by atoms with Crippen LogP contribution >= 0.6 is 22.7 Å². The van der Waals surface area contributed by atoms with E-state index in [0.717, 1.165) is 21.6 Å². The number of carbonyl (C=O) groups is 1. The lowest BCUT2D eigenvalue weighted by atomic mass is 10.3. The zero-order valence-corrected chi connectivity index (χ0v) is 14.6. The standard InChI is InChI=1S/C17H13N3O3S2/c1-2-11-19-13-5-3-4-6-14(13)25-17(19)18-15(21)9-7-12-8-10-16(24-12)20(22)23/h2-10H,1,11H2/b9-7-,18-17?. The van der Waals surface area contributed by atoms with Crippen molar-refractivity contribution in [2.75, 3.05) is 0 Å². The van der Waals surface area contributed by atoms with E-state index in [1.807, 2.05) is 28.8 Å². The number of para-hydroxylation sites is 1. The van der Waals surface area contributed by atoms with Crippen molar-refractivity contribution in [3.8, 4) is 0 Å². The summed E-state index contributed by atoms with van der Waals surface area (Å²) in [7, 11) is 0. The Bertz CT molecular complexity index is 1060. The monoisotopic (exact) mass is 371 g/mol. The van der Waals surface area contributed by atoms with E-state index >= 15 is 0 Å². The molecule has 0 aliphatic rings. The predicted octanol–water partition coefficient (Wildman–Crippen LogP) is 4.00. The van der Waals surface area contributed by atoms with Gasteiger partial charge in [0.05, 0.1) is 15.1 Å². The van der Waals surface area contributed by atoms with Crippen LogP contribution in [0, 0.1) is 10.1 Å². The first-order valence-electron chi connectivity index (χ1n) is 7.29. The van der Waals surface area contributed by atoms with Gasteiger partial charge in [0.1, 0.15) is 0 Å². The third-order valence-corrected chi connectivity index (χ3v) is 5.35. The average Bonchev–Trinajstić information content (AvgIpc) is 3.19. The van der Waals surface area contributed by atoms with Crippen molar-refractivity contribution >= 4 is 49.9 Å². The number of aromatic nitrogens is 1. The molecule has 3 rings (SSSR count). The van der Waals surface area contributed by atoms with Crippen molar-refractivity contribution < 1.29 is 9.72 Å². The Morgan fingerprint density at radius 2 is 2.08 bits per heavy atom. The maximum absolute atomic E-state index is 12.1. The summed E-state index contributed by atoms with van der Waals surface area (Å²) in [6.07, 6.45) is 4.61. The van der Waals surface area contributed by atoms with Gasteiger partial charge in [0.15, 0.2) is 4.80 Å². The molecule has 1 amide bonds. The van der Waals surface area contributed by atoms with Gasteiger partial charge in [0.25, 0.3) is 5.91 Å². The number of benzene rings is 1. The minimum atomic E-state index is -0.455. The lowest BCUT2D eigenvalue weighted by Crippen LogP contribution is -2.15. The van der Waals surface area contributed by atoms with Crippen LogP contribution in [-0.4, -0.2) is 15.4 Å². The second-order valence-corrected chi connectivity index (χ2v) is 7.07. The summed E-state index contributed by atoms with van der Waals surface area (Å²) in [5, 5.41) is 10.7. The molecule has 2 aromatic heterocycles. The van der Waals surface area contributed by atoms with Gasteiger partial charge < -0.3 is 4.57 Å². The molecule has 8 heteroatoms. The number of thiazole rings is 1. The fraction of sp³-hybridized carbons (Fsp3) is 0.0588. The smallest absolute Gasteiger partial charge is 0.312 e. The second kappa shape index (κ2) is 7.37. The summed E-state index contributed by atoms with van der Waals surface area (Å²) in [6.45, 7) is 4.30. The predicted molar refractivity (Wildman–Crippen MR) is 101 cm³/mol. The first-order valence-corrected chi connectivity index (χ1v) is 8.92. The van der Waals surface area contributed by atoms with E-state index in [9.17, 15) is 14.9 Å². The van der Waals surface area contributed by atoms with Crippen molar-refractivity contribution in [2.45, 2.75) is 6.54 Å². The highest BCUT2D eigenvalue weighted by Gasteiger charge is 2.08. The highest BCUT2D eigenvalue weighted by molar-refractivity contribution is 7.16. The second-order valence-electron chi connectivity index (χ2n) is 4.97. The van der Waals surface area contributed by atoms with Crippen LogP contribution in [0.3, 0.4) is 0 Å². The van der Waals surface area contributed by atoms with Gasteiger partial charge in [-0.1, -0.05) is 40.9 Å². The van der Waals surface area contributed by atoms with Crippen LogP contribution in [0.5, 0.6) is 0 Å². The van der Waals surface area contributed by atoms with E-state index < -0.39 is 10.8 Å². The molecule has 0 atom stereocenters. The van der Waals surface area contributed by atoms with E-state index in [1.54, 1.807) is 12.1 Å². The fourth-order valence-corrected chi connectivity index (χ4v) is 4.00. The van der Waals surface area contributed by atoms with Crippen molar-refractivity contribution in [1.82, 2.24) is 4.57 Å². The Balaban J connectivity index is 1.91. The zero-order chi connectivity index (χ0) is 17.8. The van der Waals surface area contributed by atoms with E-state index in [1.165, 1.54) is 29.6 Å². The molecule has 0 radical (unpaired) electrons. The third kappa shape index (κ3) is 3.81. The zero-order valence-electron chi connectivity index (χ0n) is 13.0. The van der Waals surface area contributed by atoms with Crippen molar-refractivity contribution in [2.24, 2.45) is 4.99 Å². The molecule has 0 aliphatic carbocycles. The molecule has 0 fully saturated rings. The number of carbonyl (C=O) groups excluding carboxylic acids is 1. The normalized spacial score (nSPS) is 12.1. The minimum Gasteiger partial charge on any atom is -0.312 e. The van der Waals surface area contributed by atoms with Crippen molar-refractivity contribution in [3.05, 3.63) is 74.9 Å². The van der Waals surface area contributed by atoms with Gasteiger partial charge in [-0.2, -0.15) is 4.99 Å². The van der Waals surface area contributed by atoms with E-state index in [2.05, 4.69) is 11.6 Å². The fourth-order valence-electron chi connectivity index (χ4n) is 2.23. The molecular formula is C17H13N3O3S2. The van der Waals surface area contributed by atoms with Crippen LogP contribution < -0.4 is 4.80 Å². The van der Waals surface area contributed by atoms with Crippen LogP contribution in [0.1, 0.15) is 4.88 Å². The Morgan fingerprint density at radius 1 is 1.28 bits per heavy atom. The quantitative estimate of drug-likeness (QED) is 0.294. The van der Waals surface area contributed by atoms with Crippen molar-refractivity contribution in [3.63, 3.8) is 0 Å². The van der Waals surface area contributed by atoms with Crippen LogP contribution in [0.25, 0.3) is 16.3 Å². The van der Waals surface area contributed by atoms with Gasteiger partial charge >= 0.3 is 5.00 Å². The number of nitrogens with zero attached hydrogens (tertiary/aromatic N) is 3. The molecule has 0 saturated heterocycles. The largest absolute Gasteiger partial charge is 0.324 e. The number of amides is 1. The highest BCUT2D eigenvalue weighted by Crippen LogP contribution is 2.24. The minimum absolute atomic E-state index is 0.0392. The molecular weight excluding hydrogens is 358 g/mol. The van der Waals surface area contributed by atoms with E-state index in [-0.39, 0.29) is 5.00 Å². The molecule has 3 aromatic rings. The number of hydrogen-bond acceptors (Lipinski definition) is 5. The van der Waals surface area contributed by atoms with Gasteiger partial charge in [0.2, 0.25) is 0 Å². The lowest BCUT2D eigenvalue weighted by molar-refractivity contribution is -0.380.